The lowest BCUT2D eigenvalue weighted by Crippen LogP contribution is -2.10. The molecule has 0 aliphatic carbocycles. The highest BCUT2D eigenvalue weighted by Crippen LogP contribution is 2.34. The van der Waals surface area contributed by atoms with E-state index in [1.54, 1.807) is 0 Å². The Bertz CT molecular complexity index is 541. The molecule has 0 unspecified atom stereocenters. The zero-order valence-electron chi connectivity index (χ0n) is 9.92. The summed E-state index contributed by atoms with van der Waals surface area (Å²) >= 11 is 0. The van der Waals surface area contributed by atoms with E-state index in [-0.39, 0.29) is 24.3 Å². The van der Waals surface area contributed by atoms with Crippen LogP contribution in [0.2, 0.25) is 0 Å². The Balaban J connectivity index is 2.52. The Labute approximate surface area is 102 Å². The number of hydrogen-bond donors (Lipinski definition) is 0. The van der Waals surface area contributed by atoms with Crippen LogP contribution in [0.1, 0.15) is 15.9 Å². The van der Waals surface area contributed by atoms with Gasteiger partial charge in [0.05, 0.1) is 19.3 Å². The first-order chi connectivity index (χ1) is 8.58. The van der Waals surface area contributed by atoms with Gasteiger partial charge in [-0.05, 0) is 6.07 Å². The summed E-state index contributed by atoms with van der Waals surface area (Å²) in [7, 11) is 2.66. The summed E-state index contributed by atoms with van der Waals surface area (Å²) in [6.07, 6.45) is 0.255. The predicted octanol–water partition coefficient (Wildman–Crippen LogP) is 2.03. The lowest BCUT2D eigenvalue weighted by atomic mass is 10.0. The van der Waals surface area contributed by atoms with E-state index in [2.05, 4.69) is 9.73 Å². The second-order valence-electron chi connectivity index (χ2n) is 3.83. The first-order valence-corrected chi connectivity index (χ1v) is 5.23. The number of carbonyl (C=O) groups is 1. The van der Waals surface area contributed by atoms with Crippen molar-refractivity contribution in [3.05, 3.63) is 28.8 Å². The van der Waals surface area contributed by atoms with Crippen molar-refractivity contribution >= 4 is 17.4 Å². The van der Waals surface area contributed by atoms with Crippen LogP contribution >= 0.6 is 0 Å². The van der Waals surface area contributed by atoms with Gasteiger partial charge in [0.15, 0.2) is 11.6 Å². The van der Waals surface area contributed by atoms with E-state index in [1.807, 2.05) is 0 Å². The molecule has 0 aromatic heterocycles. The van der Waals surface area contributed by atoms with Crippen LogP contribution in [0.3, 0.4) is 0 Å². The van der Waals surface area contributed by atoms with Crippen molar-refractivity contribution in [3.63, 3.8) is 0 Å². The molecule has 6 heteroatoms. The minimum atomic E-state index is -1.11. The van der Waals surface area contributed by atoms with Gasteiger partial charge in [0.2, 0.25) is 0 Å². The number of rotatable bonds is 3. The largest absolute Gasteiger partial charge is 0.465 e. The monoisotopic (exact) mass is 255 g/mol. The molecular weight excluding hydrogens is 244 g/mol. The molecule has 1 aromatic rings. The van der Waals surface area contributed by atoms with Crippen LogP contribution in [0.4, 0.5) is 14.5 Å². The number of ether oxygens (including phenoxy) is 2. The van der Waals surface area contributed by atoms with Crippen molar-refractivity contribution < 1.29 is 23.0 Å². The molecule has 0 fully saturated rings. The molecule has 0 N–H and O–H groups in total. The van der Waals surface area contributed by atoms with Gasteiger partial charge in [0, 0.05) is 24.8 Å². The molecule has 2 rings (SSSR count). The van der Waals surface area contributed by atoms with Crippen molar-refractivity contribution in [1.82, 2.24) is 0 Å². The Kier molecular flexibility index (Phi) is 3.38. The van der Waals surface area contributed by atoms with Gasteiger partial charge in [-0.1, -0.05) is 0 Å². The van der Waals surface area contributed by atoms with Gasteiger partial charge in [-0.2, -0.15) is 0 Å². The highest BCUT2D eigenvalue weighted by atomic mass is 19.2. The molecule has 0 spiro atoms. The van der Waals surface area contributed by atoms with Gasteiger partial charge < -0.3 is 9.47 Å². The summed E-state index contributed by atoms with van der Waals surface area (Å²) in [5.74, 6) is -2.88. The summed E-state index contributed by atoms with van der Waals surface area (Å²) in [4.78, 5) is 15.5. The van der Waals surface area contributed by atoms with E-state index in [4.69, 9.17) is 4.74 Å². The highest BCUT2D eigenvalue weighted by molar-refractivity contribution is 6.01. The van der Waals surface area contributed by atoms with E-state index in [0.29, 0.717) is 11.3 Å². The lowest BCUT2D eigenvalue weighted by molar-refractivity contribution is 0.0599. The van der Waals surface area contributed by atoms with Gasteiger partial charge in [0.1, 0.15) is 5.69 Å². The number of aliphatic imine (C=N–C) groups is 1. The Morgan fingerprint density at radius 2 is 2.17 bits per heavy atom. The fourth-order valence-electron chi connectivity index (χ4n) is 1.89. The molecule has 0 amide bonds. The van der Waals surface area contributed by atoms with Crippen LogP contribution in [0.25, 0.3) is 0 Å². The fraction of sp³-hybridized carbons (Fsp3) is 0.333. The molecule has 0 bridgehead atoms. The van der Waals surface area contributed by atoms with E-state index in [1.165, 1.54) is 14.2 Å². The standard InChI is InChI=1S/C12H11F2NO3/c1-17-5-6-3-7-8(12(16)18-2)4-9(13)10(14)11(7)15-6/h4H,3,5H2,1-2H3. The second-order valence-corrected chi connectivity index (χ2v) is 3.83. The number of methoxy groups -OCH3 is 2. The SMILES string of the molecule is COCC1=Nc2c(F)c(F)cc(C(=O)OC)c2C1. The van der Waals surface area contributed by atoms with Gasteiger partial charge in [-0.15, -0.1) is 0 Å². The van der Waals surface area contributed by atoms with Gasteiger partial charge in [0.25, 0.3) is 0 Å². The fourth-order valence-corrected chi connectivity index (χ4v) is 1.89. The zero-order valence-corrected chi connectivity index (χ0v) is 9.92. The number of benzene rings is 1. The first-order valence-electron chi connectivity index (χ1n) is 5.23. The first kappa shape index (κ1) is 12.6. The average molecular weight is 255 g/mol. The third-order valence-electron chi connectivity index (χ3n) is 2.67. The van der Waals surface area contributed by atoms with Crippen LogP contribution in [0.15, 0.2) is 11.1 Å². The third kappa shape index (κ3) is 1.99. The maximum Gasteiger partial charge on any atom is 0.338 e. The Morgan fingerprint density at radius 1 is 1.44 bits per heavy atom. The van der Waals surface area contributed by atoms with E-state index in [0.717, 1.165) is 6.07 Å². The minimum absolute atomic E-state index is 0.00116. The summed E-state index contributed by atoms with van der Waals surface area (Å²) in [5.41, 5.74) is 0.749. The molecule has 0 saturated carbocycles. The number of nitrogens with zero attached hydrogens (tertiary/aromatic N) is 1. The van der Waals surface area contributed by atoms with Crippen molar-refractivity contribution in [2.24, 2.45) is 4.99 Å². The normalized spacial score (nSPS) is 13.2. The van der Waals surface area contributed by atoms with Crippen LogP contribution in [-0.2, 0) is 15.9 Å². The molecule has 4 nitrogen and oxygen atoms in total. The molecule has 0 atom stereocenters. The molecular formula is C12H11F2NO3. The van der Waals surface area contributed by atoms with Crippen molar-refractivity contribution in [3.8, 4) is 0 Å². The summed E-state index contributed by atoms with van der Waals surface area (Å²) < 4.78 is 36.4. The quantitative estimate of drug-likeness (QED) is 0.776. The minimum Gasteiger partial charge on any atom is -0.465 e. The molecule has 1 aliphatic rings. The molecule has 1 heterocycles. The van der Waals surface area contributed by atoms with E-state index >= 15 is 0 Å². The molecule has 1 aromatic carbocycles. The highest BCUT2D eigenvalue weighted by Gasteiger charge is 2.27. The van der Waals surface area contributed by atoms with Crippen LogP contribution in [-0.4, -0.2) is 32.5 Å². The van der Waals surface area contributed by atoms with Crippen molar-refractivity contribution in [2.45, 2.75) is 6.42 Å². The maximum absolute atomic E-state index is 13.6. The van der Waals surface area contributed by atoms with Gasteiger partial charge in [-0.25, -0.2) is 13.6 Å². The molecule has 96 valence electrons. The lowest BCUT2D eigenvalue weighted by Gasteiger charge is -2.07. The molecule has 1 aliphatic heterocycles. The van der Waals surface area contributed by atoms with Crippen molar-refractivity contribution in [2.75, 3.05) is 20.8 Å². The van der Waals surface area contributed by atoms with Crippen molar-refractivity contribution in [1.29, 1.82) is 0 Å². The Morgan fingerprint density at radius 3 is 2.78 bits per heavy atom. The number of fused-ring (bicyclic) bond motifs is 1. The van der Waals surface area contributed by atoms with E-state index < -0.39 is 17.6 Å². The summed E-state index contributed by atoms with van der Waals surface area (Å²) in [6, 6.07) is 0.839. The van der Waals surface area contributed by atoms with Gasteiger partial charge >= 0.3 is 5.97 Å². The molecule has 0 radical (unpaired) electrons. The maximum atomic E-state index is 13.6. The van der Waals surface area contributed by atoms with Gasteiger partial charge in [-0.3, -0.25) is 4.99 Å². The van der Waals surface area contributed by atoms with Crippen LogP contribution in [0, 0.1) is 11.6 Å². The zero-order chi connectivity index (χ0) is 13.3. The average Bonchev–Trinajstić information content (AvgIpc) is 2.77. The number of halogens is 2. The Hall–Kier alpha value is -1.82. The second kappa shape index (κ2) is 4.81. The predicted molar refractivity (Wildman–Crippen MR) is 60.4 cm³/mol. The number of carbonyl (C=O) groups excluding carboxylic acids is 1. The summed E-state index contributed by atoms with van der Waals surface area (Å²) in [5, 5.41) is 0. The molecule has 0 saturated heterocycles. The summed E-state index contributed by atoms with van der Waals surface area (Å²) in [6.45, 7) is 0.205. The molecule has 18 heavy (non-hydrogen) atoms. The number of esters is 1. The smallest absolute Gasteiger partial charge is 0.338 e. The third-order valence-corrected chi connectivity index (χ3v) is 2.67. The van der Waals surface area contributed by atoms with E-state index in [9.17, 15) is 13.6 Å². The van der Waals surface area contributed by atoms with Crippen LogP contribution in [0.5, 0.6) is 0 Å². The van der Waals surface area contributed by atoms with Crippen LogP contribution < -0.4 is 0 Å². The topological polar surface area (TPSA) is 47.9 Å². The number of hydrogen-bond acceptors (Lipinski definition) is 4.